The average Bonchev–Trinajstić information content (AvgIpc) is 3.37. The van der Waals surface area contributed by atoms with Crippen LogP contribution in [0.4, 0.5) is 0 Å². The molecule has 0 fully saturated rings. The third-order valence-electron chi connectivity index (χ3n) is 4.61. The first-order valence-electron chi connectivity index (χ1n) is 8.95. The third-order valence-corrected chi connectivity index (χ3v) is 5.73. The molecule has 0 aliphatic carbocycles. The van der Waals surface area contributed by atoms with Crippen LogP contribution < -0.4 is 5.56 Å². The molecule has 1 aromatic carbocycles. The minimum Gasteiger partial charge on any atom is -0.463 e. The molecule has 0 atom stereocenters. The summed E-state index contributed by atoms with van der Waals surface area (Å²) in [5.74, 6) is 0.672. The molecule has 3 heterocycles. The van der Waals surface area contributed by atoms with E-state index in [1.165, 1.54) is 24.5 Å². The molecule has 0 radical (unpaired) electrons. The number of thiophene rings is 1. The highest BCUT2D eigenvalue weighted by atomic mass is 35.5. The number of esters is 1. The van der Waals surface area contributed by atoms with Gasteiger partial charge in [0.05, 0.1) is 19.0 Å². The van der Waals surface area contributed by atoms with Gasteiger partial charge in [-0.15, -0.1) is 11.3 Å². The van der Waals surface area contributed by atoms with E-state index in [0.717, 1.165) is 11.1 Å². The van der Waals surface area contributed by atoms with Crippen LogP contribution in [0.15, 0.2) is 51.0 Å². The Morgan fingerprint density at radius 3 is 2.69 bits per heavy atom. The van der Waals surface area contributed by atoms with E-state index in [1.54, 1.807) is 22.8 Å². The van der Waals surface area contributed by atoms with Gasteiger partial charge in [0, 0.05) is 22.4 Å². The minimum absolute atomic E-state index is 0.0972. The van der Waals surface area contributed by atoms with Crippen LogP contribution in [0.2, 0.25) is 5.02 Å². The molecule has 0 aliphatic heterocycles. The summed E-state index contributed by atoms with van der Waals surface area (Å²) in [4.78, 5) is 30.4. The predicted octanol–water partition coefficient (Wildman–Crippen LogP) is 4.77. The molecule has 4 rings (SSSR count). The van der Waals surface area contributed by atoms with E-state index >= 15 is 0 Å². The number of halogens is 1. The fraction of sp³-hybridized carbons (Fsp3) is 0.190. The number of carbonyl (C=O) groups excluding carboxylic acids is 1. The number of carbonyl (C=O) groups is 1. The van der Waals surface area contributed by atoms with E-state index < -0.39 is 5.97 Å². The lowest BCUT2D eigenvalue weighted by Gasteiger charge is -2.10. The lowest BCUT2D eigenvalue weighted by molar-refractivity contribution is 0.0563. The van der Waals surface area contributed by atoms with Crippen molar-refractivity contribution in [3.63, 3.8) is 0 Å². The number of rotatable bonds is 5. The van der Waals surface area contributed by atoms with Gasteiger partial charge in [0.1, 0.15) is 16.4 Å². The summed E-state index contributed by atoms with van der Waals surface area (Å²) in [5, 5.41) is 3.14. The standard InChI is InChI=1S/C21H17ClN2O4S/c1-3-17-23-19-18(15(11-29-19)12-4-6-13(22)7-5-12)20(25)24(17)10-14-8-9-16(28-14)21(26)27-2/h4-9,11H,3,10H2,1-2H3. The highest BCUT2D eigenvalue weighted by Gasteiger charge is 2.18. The van der Waals surface area contributed by atoms with Crippen molar-refractivity contribution in [1.29, 1.82) is 0 Å². The van der Waals surface area contributed by atoms with E-state index in [9.17, 15) is 9.59 Å². The van der Waals surface area contributed by atoms with Gasteiger partial charge in [0.25, 0.3) is 5.56 Å². The summed E-state index contributed by atoms with van der Waals surface area (Å²) in [6, 6.07) is 10.6. The number of methoxy groups -OCH3 is 1. The molecular weight excluding hydrogens is 412 g/mol. The number of aryl methyl sites for hydroxylation is 1. The largest absolute Gasteiger partial charge is 0.463 e. The summed E-state index contributed by atoms with van der Waals surface area (Å²) < 4.78 is 11.8. The number of benzene rings is 1. The molecule has 0 spiro atoms. The van der Waals surface area contributed by atoms with Crippen LogP contribution in [-0.4, -0.2) is 22.6 Å². The Balaban J connectivity index is 1.83. The molecule has 4 aromatic rings. The molecule has 0 unspecified atom stereocenters. The van der Waals surface area contributed by atoms with Crippen molar-refractivity contribution in [2.24, 2.45) is 0 Å². The lowest BCUT2D eigenvalue weighted by atomic mass is 10.1. The molecule has 0 saturated carbocycles. The van der Waals surface area contributed by atoms with Crippen molar-refractivity contribution in [1.82, 2.24) is 9.55 Å². The number of hydrogen-bond donors (Lipinski definition) is 0. The lowest BCUT2D eigenvalue weighted by Crippen LogP contribution is -2.25. The first-order chi connectivity index (χ1) is 14.0. The Kier molecular flexibility index (Phi) is 5.25. The molecular formula is C21H17ClN2O4S. The summed E-state index contributed by atoms with van der Waals surface area (Å²) >= 11 is 7.43. The Labute approximate surface area is 175 Å². The maximum atomic E-state index is 13.4. The number of hydrogen-bond acceptors (Lipinski definition) is 6. The molecule has 0 bridgehead atoms. The average molecular weight is 429 g/mol. The predicted molar refractivity (Wildman–Crippen MR) is 113 cm³/mol. The SMILES string of the molecule is CCc1nc2scc(-c3ccc(Cl)cc3)c2c(=O)n1Cc1ccc(C(=O)OC)o1. The van der Waals surface area contributed by atoms with Crippen molar-refractivity contribution in [3.05, 3.63) is 74.5 Å². The zero-order valence-electron chi connectivity index (χ0n) is 15.8. The van der Waals surface area contributed by atoms with E-state index in [1.807, 2.05) is 24.4 Å². The maximum absolute atomic E-state index is 13.4. The van der Waals surface area contributed by atoms with Crippen molar-refractivity contribution < 1.29 is 13.9 Å². The van der Waals surface area contributed by atoms with Crippen LogP contribution in [0.5, 0.6) is 0 Å². The number of nitrogens with zero attached hydrogens (tertiary/aromatic N) is 2. The van der Waals surface area contributed by atoms with Crippen LogP contribution in [-0.2, 0) is 17.7 Å². The topological polar surface area (TPSA) is 74.3 Å². The molecule has 3 aromatic heterocycles. The minimum atomic E-state index is -0.559. The maximum Gasteiger partial charge on any atom is 0.373 e. The fourth-order valence-corrected chi connectivity index (χ4v) is 4.25. The summed E-state index contributed by atoms with van der Waals surface area (Å²) in [7, 11) is 1.29. The summed E-state index contributed by atoms with van der Waals surface area (Å²) in [6.07, 6.45) is 0.587. The highest BCUT2D eigenvalue weighted by molar-refractivity contribution is 7.17. The first-order valence-corrected chi connectivity index (χ1v) is 10.2. The van der Waals surface area contributed by atoms with E-state index in [0.29, 0.717) is 33.2 Å². The quantitative estimate of drug-likeness (QED) is 0.428. The molecule has 0 N–H and O–H groups in total. The van der Waals surface area contributed by atoms with Crippen LogP contribution in [0, 0.1) is 0 Å². The van der Waals surface area contributed by atoms with E-state index in [-0.39, 0.29) is 17.9 Å². The monoisotopic (exact) mass is 428 g/mol. The van der Waals surface area contributed by atoms with E-state index in [2.05, 4.69) is 4.74 Å². The molecule has 0 aliphatic rings. The molecule has 8 heteroatoms. The van der Waals surface area contributed by atoms with Crippen molar-refractivity contribution in [2.45, 2.75) is 19.9 Å². The second-order valence-electron chi connectivity index (χ2n) is 6.37. The molecule has 29 heavy (non-hydrogen) atoms. The van der Waals surface area contributed by atoms with Gasteiger partial charge in [0.15, 0.2) is 0 Å². The van der Waals surface area contributed by atoms with Gasteiger partial charge in [-0.3, -0.25) is 9.36 Å². The second-order valence-corrected chi connectivity index (χ2v) is 7.66. The smallest absolute Gasteiger partial charge is 0.373 e. The molecule has 148 valence electrons. The molecule has 0 saturated heterocycles. The number of ether oxygens (including phenoxy) is 1. The van der Waals surface area contributed by atoms with Gasteiger partial charge in [-0.25, -0.2) is 9.78 Å². The number of furan rings is 1. The van der Waals surface area contributed by atoms with Gasteiger partial charge < -0.3 is 9.15 Å². The van der Waals surface area contributed by atoms with Crippen LogP contribution in [0.3, 0.4) is 0 Å². The van der Waals surface area contributed by atoms with E-state index in [4.69, 9.17) is 21.0 Å². The normalized spacial score (nSPS) is 11.1. The zero-order valence-corrected chi connectivity index (χ0v) is 17.3. The number of aromatic nitrogens is 2. The Hall–Kier alpha value is -2.90. The number of fused-ring (bicyclic) bond motifs is 1. The first kappa shape index (κ1) is 19.4. The van der Waals surface area contributed by atoms with Gasteiger partial charge in [-0.1, -0.05) is 30.7 Å². The van der Waals surface area contributed by atoms with Gasteiger partial charge >= 0.3 is 5.97 Å². The van der Waals surface area contributed by atoms with Crippen LogP contribution >= 0.6 is 22.9 Å². The Bertz CT molecular complexity index is 1250. The third kappa shape index (κ3) is 3.59. The van der Waals surface area contributed by atoms with Crippen molar-refractivity contribution in [2.75, 3.05) is 7.11 Å². The van der Waals surface area contributed by atoms with Crippen molar-refractivity contribution >= 4 is 39.1 Å². The van der Waals surface area contributed by atoms with Crippen molar-refractivity contribution in [3.8, 4) is 11.1 Å². The fourth-order valence-electron chi connectivity index (χ4n) is 3.17. The summed E-state index contributed by atoms with van der Waals surface area (Å²) in [6.45, 7) is 2.12. The second kappa shape index (κ2) is 7.85. The summed E-state index contributed by atoms with van der Waals surface area (Å²) in [5.41, 5.74) is 1.58. The van der Waals surface area contributed by atoms with Gasteiger partial charge in [0.2, 0.25) is 5.76 Å². The van der Waals surface area contributed by atoms with Crippen LogP contribution in [0.1, 0.15) is 29.1 Å². The Morgan fingerprint density at radius 1 is 1.24 bits per heavy atom. The highest BCUT2D eigenvalue weighted by Crippen LogP contribution is 2.32. The molecule has 6 nitrogen and oxygen atoms in total. The van der Waals surface area contributed by atoms with Gasteiger partial charge in [-0.05, 0) is 29.8 Å². The zero-order chi connectivity index (χ0) is 20.5. The van der Waals surface area contributed by atoms with Gasteiger partial charge in [-0.2, -0.15) is 0 Å². The van der Waals surface area contributed by atoms with Crippen LogP contribution in [0.25, 0.3) is 21.3 Å². The Morgan fingerprint density at radius 2 is 2.00 bits per heavy atom. The molecule has 0 amide bonds.